The minimum atomic E-state index is -2.80. The zero-order chi connectivity index (χ0) is 22.5. The van der Waals surface area contributed by atoms with E-state index < -0.39 is 30.4 Å². The van der Waals surface area contributed by atoms with E-state index in [1.54, 1.807) is 35.3 Å². The fourth-order valence-electron chi connectivity index (χ4n) is 3.91. The van der Waals surface area contributed by atoms with Crippen molar-refractivity contribution in [3.8, 4) is 17.2 Å². The molecule has 5 rings (SSSR count). The summed E-state index contributed by atoms with van der Waals surface area (Å²) in [5.74, 6) is -3.25. The van der Waals surface area contributed by atoms with Crippen molar-refractivity contribution < 1.29 is 19.0 Å². The number of pyridine rings is 1. The standard InChI is InChI=1S/C22H20F2N6O2/c23-21(24)9-15(10-21)22(25,32)19-3-1-2-17(29-19)13-4-5-14-11-27-30(18(14)8-13)20-26-7-6-16(12-31)28-20/h1-8,11,15,31-32H,9-10,12,25H2. The van der Waals surface area contributed by atoms with E-state index in [9.17, 15) is 19.0 Å². The van der Waals surface area contributed by atoms with Gasteiger partial charge in [-0.2, -0.15) is 9.78 Å². The molecular weight excluding hydrogens is 418 g/mol. The third-order valence-electron chi connectivity index (χ3n) is 5.79. The molecule has 10 heteroatoms. The van der Waals surface area contributed by atoms with Crippen LogP contribution in [0, 0.1) is 5.92 Å². The Morgan fingerprint density at radius 3 is 2.72 bits per heavy atom. The Morgan fingerprint density at radius 1 is 1.16 bits per heavy atom. The quantitative estimate of drug-likeness (QED) is 0.409. The first kappa shape index (κ1) is 20.6. The summed E-state index contributed by atoms with van der Waals surface area (Å²) < 4.78 is 28.2. The largest absolute Gasteiger partial charge is 0.390 e. The highest BCUT2D eigenvalue weighted by Crippen LogP contribution is 2.48. The highest BCUT2D eigenvalue weighted by Gasteiger charge is 2.54. The summed E-state index contributed by atoms with van der Waals surface area (Å²) in [6, 6.07) is 12.1. The molecule has 3 aromatic heterocycles. The van der Waals surface area contributed by atoms with E-state index in [2.05, 4.69) is 20.1 Å². The van der Waals surface area contributed by atoms with Crippen LogP contribution >= 0.6 is 0 Å². The van der Waals surface area contributed by atoms with E-state index in [4.69, 9.17) is 5.73 Å². The smallest absolute Gasteiger partial charge is 0.251 e. The van der Waals surface area contributed by atoms with Crippen LogP contribution in [0.15, 0.2) is 54.9 Å². The lowest BCUT2D eigenvalue weighted by Crippen LogP contribution is -2.54. The zero-order valence-corrected chi connectivity index (χ0v) is 16.9. The summed E-state index contributed by atoms with van der Waals surface area (Å²) in [5, 5.41) is 25.3. The van der Waals surface area contributed by atoms with Gasteiger partial charge in [0.1, 0.15) is 0 Å². The molecule has 3 heterocycles. The molecule has 0 spiro atoms. The molecule has 8 nitrogen and oxygen atoms in total. The van der Waals surface area contributed by atoms with Gasteiger partial charge < -0.3 is 10.2 Å². The topological polar surface area (TPSA) is 123 Å². The lowest BCUT2D eigenvalue weighted by atomic mass is 9.73. The number of hydrogen-bond donors (Lipinski definition) is 3. The molecule has 0 saturated heterocycles. The van der Waals surface area contributed by atoms with E-state index in [-0.39, 0.29) is 12.3 Å². The molecule has 0 radical (unpaired) electrons. The van der Waals surface area contributed by atoms with Crippen LogP contribution in [-0.4, -0.2) is 40.9 Å². The third-order valence-corrected chi connectivity index (χ3v) is 5.79. The van der Waals surface area contributed by atoms with E-state index >= 15 is 0 Å². The second-order valence-electron chi connectivity index (χ2n) is 8.03. The predicted molar refractivity (Wildman–Crippen MR) is 112 cm³/mol. The molecular formula is C22H20F2N6O2. The summed E-state index contributed by atoms with van der Waals surface area (Å²) in [7, 11) is 0. The minimum Gasteiger partial charge on any atom is -0.390 e. The number of aromatic nitrogens is 5. The van der Waals surface area contributed by atoms with Crippen molar-refractivity contribution in [1.29, 1.82) is 0 Å². The third kappa shape index (κ3) is 3.52. The first-order valence-electron chi connectivity index (χ1n) is 10.0. The number of hydrogen-bond acceptors (Lipinski definition) is 7. The van der Waals surface area contributed by atoms with Gasteiger partial charge in [-0.3, -0.25) is 5.73 Å². The molecule has 1 aliphatic rings. The Kier molecular flexibility index (Phi) is 4.73. The normalized spacial score (nSPS) is 17.8. The van der Waals surface area contributed by atoms with Gasteiger partial charge in [0, 0.05) is 35.9 Å². The van der Waals surface area contributed by atoms with Crippen molar-refractivity contribution in [2.75, 3.05) is 0 Å². The summed E-state index contributed by atoms with van der Waals surface area (Å²) in [5.41, 5.74) is 6.64. The Balaban J connectivity index is 1.52. The van der Waals surface area contributed by atoms with E-state index in [0.29, 0.717) is 28.4 Å². The fraction of sp³-hybridized carbons (Fsp3) is 0.273. The number of halogens is 2. The van der Waals surface area contributed by atoms with Crippen molar-refractivity contribution in [3.63, 3.8) is 0 Å². The van der Waals surface area contributed by atoms with Gasteiger partial charge in [-0.15, -0.1) is 0 Å². The molecule has 1 atom stereocenters. The lowest BCUT2D eigenvalue weighted by molar-refractivity contribution is -0.179. The Hall–Kier alpha value is -3.34. The highest BCUT2D eigenvalue weighted by atomic mass is 19.3. The van der Waals surface area contributed by atoms with Crippen molar-refractivity contribution in [1.82, 2.24) is 24.7 Å². The lowest BCUT2D eigenvalue weighted by Gasteiger charge is -2.43. The van der Waals surface area contributed by atoms with Gasteiger partial charge in [-0.05, 0) is 24.3 Å². The first-order valence-corrected chi connectivity index (χ1v) is 10.0. The predicted octanol–water partition coefficient (Wildman–Crippen LogP) is 2.52. The average Bonchev–Trinajstić information content (AvgIpc) is 3.21. The number of alkyl halides is 2. The van der Waals surface area contributed by atoms with Crippen LogP contribution in [0.2, 0.25) is 0 Å². The van der Waals surface area contributed by atoms with Crippen LogP contribution in [0.3, 0.4) is 0 Å². The summed E-state index contributed by atoms with van der Waals surface area (Å²) in [6.07, 6.45) is 2.28. The summed E-state index contributed by atoms with van der Waals surface area (Å²) in [6.45, 7) is -0.217. The SMILES string of the molecule is NC(O)(c1cccc(-c2ccc3cnn(-c4nccc(CO)n4)c3c2)n1)C1CC(F)(F)C1. The molecule has 1 fully saturated rings. The fourth-order valence-corrected chi connectivity index (χ4v) is 3.91. The van der Waals surface area contributed by atoms with Crippen LogP contribution in [0.4, 0.5) is 8.78 Å². The zero-order valence-electron chi connectivity index (χ0n) is 16.9. The second-order valence-corrected chi connectivity index (χ2v) is 8.03. The molecule has 1 unspecified atom stereocenters. The summed E-state index contributed by atoms with van der Waals surface area (Å²) >= 11 is 0. The molecule has 4 aromatic rings. The number of aliphatic hydroxyl groups is 2. The number of nitrogens with zero attached hydrogens (tertiary/aromatic N) is 5. The van der Waals surface area contributed by atoms with Gasteiger partial charge in [0.05, 0.1) is 35.4 Å². The van der Waals surface area contributed by atoms with Crippen LogP contribution in [0.1, 0.15) is 24.2 Å². The first-order chi connectivity index (χ1) is 15.3. The van der Waals surface area contributed by atoms with Gasteiger partial charge in [0.15, 0.2) is 5.72 Å². The molecule has 1 aliphatic carbocycles. The Morgan fingerprint density at radius 2 is 1.97 bits per heavy atom. The number of aliphatic hydroxyl groups excluding tert-OH is 1. The molecule has 4 N–H and O–H groups in total. The van der Waals surface area contributed by atoms with Crippen LogP contribution < -0.4 is 5.73 Å². The molecule has 32 heavy (non-hydrogen) atoms. The highest BCUT2D eigenvalue weighted by molar-refractivity contribution is 5.84. The molecule has 1 saturated carbocycles. The summed E-state index contributed by atoms with van der Waals surface area (Å²) in [4.78, 5) is 13.0. The van der Waals surface area contributed by atoms with Gasteiger partial charge in [-0.1, -0.05) is 18.2 Å². The van der Waals surface area contributed by atoms with Crippen molar-refractivity contribution in [2.45, 2.75) is 31.1 Å². The van der Waals surface area contributed by atoms with Gasteiger partial charge in [0.25, 0.3) is 5.95 Å². The maximum Gasteiger partial charge on any atom is 0.251 e. The van der Waals surface area contributed by atoms with Crippen LogP contribution in [0.5, 0.6) is 0 Å². The Bertz CT molecular complexity index is 1300. The van der Waals surface area contributed by atoms with Crippen LogP contribution in [-0.2, 0) is 12.3 Å². The van der Waals surface area contributed by atoms with Gasteiger partial charge in [-0.25, -0.2) is 23.7 Å². The average molecular weight is 438 g/mol. The van der Waals surface area contributed by atoms with E-state index in [1.807, 2.05) is 18.2 Å². The van der Waals surface area contributed by atoms with Crippen molar-refractivity contribution in [2.24, 2.45) is 11.7 Å². The molecule has 1 aromatic carbocycles. The van der Waals surface area contributed by atoms with Crippen molar-refractivity contribution >= 4 is 10.9 Å². The van der Waals surface area contributed by atoms with Crippen LogP contribution in [0.25, 0.3) is 28.1 Å². The van der Waals surface area contributed by atoms with E-state index in [0.717, 1.165) is 5.39 Å². The van der Waals surface area contributed by atoms with Gasteiger partial charge in [0.2, 0.25) is 5.92 Å². The molecule has 0 aliphatic heterocycles. The van der Waals surface area contributed by atoms with E-state index in [1.165, 1.54) is 6.07 Å². The maximum atomic E-state index is 13.3. The van der Waals surface area contributed by atoms with Crippen molar-refractivity contribution in [3.05, 3.63) is 66.2 Å². The monoisotopic (exact) mass is 438 g/mol. The second kappa shape index (κ2) is 7.37. The number of fused-ring (bicyclic) bond motifs is 1. The maximum absolute atomic E-state index is 13.3. The van der Waals surface area contributed by atoms with Gasteiger partial charge >= 0.3 is 0 Å². The Labute approximate surface area is 181 Å². The number of rotatable bonds is 5. The molecule has 164 valence electrons. The minimum absolute atomic E-state index is 0.142. The number of nitrogens with two attached hydrogens (primary N) is 1. The molecule has 0 bridgehead atoms. The molecule has 0 amide bonds. The number of benzene rings is 1.